The molecule has 0 aliphatic carbocycles. The third-order valence-electron chi connectivity index (χ3n) is 3.14. The fourth-order valence-corrected chi connectivity index (χ4v) is 1.95. The van der Waals surface area contributed by atoms with Crippen LogP contribution < -0.4 is 0 Å². The van der Waals surface area contributed by atoms with Gasteiger partial charge in [0.15, 0.2) is 0 Å². The molecule has 1 atom stereocenters. The summed E-state index contributed by atoms with van der Waals surface area (Å²) < 4.78 is 0. The number of benzene rings is 2. The van der Waals surface area contributed by atoms with E-state index in [1.165, 1.54) is 6.92 Å². The van der Waals surface area contributed by atoms with Crippen LogP contribution in [0.2, 0.25) is 0 Å². The van der Waals surface area contributed by atoms with E-state index in [0.717, 1.165) is 11.1 Å². The SMILES string of the molecule is CC(=O)CC(O)c1ccc(C#Cc2ccc(C#N)cc2)cc1. The van der Waals surface area contributed by atoms with Crippen molar-refractivity contribution < 1.29 is 9.90 Å². The molecular weight excluding hydrogens is 274 g/mol. The van der Waals surface area contributed by atoms with E-state index in [2.05, 4.69) is 17.9 Å². The van der Waals surface area contributed by atoms with Crippen LogP contribution in [-0.4, -0.2) is 10.9 Å². The van der Waals surface area contributed by atoms with Crippen molar-refractivity contribution in [1.82, 2.24) is 0 Å². The van der Waals surface area contributed by atoms with Crippen LogP contribution >= 0.6 is 0 Å². The molecule has 0 spiro atoms. The van der Waals surface area contributed by atoms with Gasteiger partial charge in [0, 0.05) is 17.5 Å². The second-order valence-electron chi connectivity index (χ2n) is 4.98. The lowest BCUT2D eigenvalue weighted by Crippen LogP contribution is -2.02. The van der Waals surface area contributed by atoms with Crippen molar-refractivity contribution >= 4 is 5.78 Å². The molecule has 22 heavy (non-hydrogen) atoms. The largest absolute Gasteiger partial charge is 0.388 e. The number of carbonyl (C=O) groups is 1. The Morgan fingerprint density at radius 2 is 1.45 bits per heavy atom. The molecule has 0 saturated carbocycles. The summed E-state index contributed by atoms with van der Waals surface area (Å²) in [5, 5.41) is 18.6. The molecule has 0 amide bonds. The maximum Gasteiger partial charge on any atom is 0.132 e. The number of aliphatic hydroxyl groups is 1. The van der Waals surface area contributed by atoms with E-state index < -0.39 is 6.10 Å². The Morgan fingerprint density at radius 3 is 1.91 bits per heavy atom. The molecule has 0 saturated heterocycles. The topological polar surface area (TPSA) is 61.1 Å². The first-order valence-corrected chi connectivity index (χ1v) is 6.88. The van der Waals surface area contributed by atoms with Crippen molar-refractivity contribution in [3.63, 3.8) is 0 Å². The zero-order chi connectivity index (χ0) is 15.9. The van der Waals surface area contributed by atoms with Crippen LogP contribution in [0.15, 0.2) is 48.5 Å². The average Bonchev–Trinajstić information content (AvgIpc) is 2.53. The number of ketones is 1. The summed E-state index contributed by atoms with van der Waals surface area (Å²) in [5.74, 6) is 6.00. The third-order valence-corrected chi connectivity index (χ3v) is 3.14. The predicted octanol–water partition coefficient (Wildman–Crippen LogP) is 2.97. The molecule has 0 fully saturated rings. The van der Waals surface area contributed by atoms with Crippen molar-refractivity contribution in [1.29, 1.82) is 5.26 Å². The fourth-order valence-electron chi connectivity index (χ4n) is 1.95. The molecule has 0 bridgehead atoms. The standard InChI is InChI=1S/C19H15NO2/c1-14(21)12-19(22)18-10-8-16(9-11-18)3-2-15-4-6-17(13-20)7-5-15/h4-11,19,22H,12H2,1H3. The van der Waals surface area contributed by atoms with Crippen molar-refractivity contribution in [2.75, 3.05) is 0 Å². The van der Waals surface area contributed by atoms with Crippen LogP contribution in [0.5, 0.6) is 0 Å². The first-order valence-electron chi connectivity index (χ1n) is 6.88. The van der Waals surface area contributed by atoms with E-state index in [4.69, 9.17) is 5.26 Å². The summed E-state index contributed by atoms with van der Waals surface area (Å²) in [6.07, 6.45) is -0.644. The second kappa shape index (κ2) is 7.22. The van der Waals surface area contributed by atoms with E-state index in [1.54, 1.807) is 36.4 Å². The van der Waals surface area contributed by atoms with Crippen LogP contribution in [0.3, 0.4) is 0 Å². The predicted molar refractivity (Wildman–Crippen MR) is 83.8 cm³/mol. The van der Waals surface area contributed by atoms with Gasteiger partial charge in [0.2, 0.25) is 0 Å². The second-order valence-corrected chi connectivity index (χ2v) is 4.98. The first kappa shape index (κ1) is 15.5. The summed E-state index contributed by atoms with van der Waals surface area (Å²) in [7, 11) is 0. The zero-order valence-electron chi connectivity index (χ0n) is 12.2. The molecule has 0 aromatic heterocycles. The van der Waals surface area contributed by atoms with Crippen LogP contribution in [-0.2, 0) is 4.79 Å². The minimum absolute atomic E-state index is 0.0443. The van der Waals surface area contributed by atoms with Gasteiger partial charge in [0.25, 0.3) is 0 Å². The average molecular weight is 289 g/mol. The number of Topliss-reactive ketones (excluding diaryl/α,β-unsaturated/α-hetero) is 1. The van der Waals surface area contributed by atoms with E-state index in [0.29, 0.717) is 11.1 Å². The number of carbonyl (C=O) groups excluding carboxylic acids is 1. The van der Waals surface area contributed by atoms with Gasteiger partial charge in [0.05, 0.1) is 17.7 Å². The molecule has 1 unspecified atom stereocenters. The monoisotopic (exact) mass is 289 g/mol. The van der Waals surface area contributed by atoms with Crippen LogP contribution in [0, 0.1) is 23.2 Å². The minimum Gasteiger partial charge on any atom is -0.388 e. The number of hydrogen-bond acceptors (Lipinski definition) is 3. The van der Waals surface area contributed by atoms with E-state index in [-0.39, 0.29) is 12.2 Å². The molecule has 1 N–H and O–H groups in total. The molecule has 108 valence electrons. The number of rotatable bonds is 3. The quantitative estimate of drug-likeness (QED) is 0.884. The Morgan fingerprint density at radius 1 is 1.00 bits per heavy atom. The Balaban J connectivity index is 2.10. The fraction of sp³-hybridized carbons (Fsp3) is 0.158. The summed E-state index contributed by atoms with van der Waals surface area (Å²) in [4.78, 5) is 11.0. The lowest BCUT2D eigenvalue weighted by molar-refractivity contribution is -0.118. The van der Waals surface area contributed by atoms with Gasteiger partial charge in [-0.3, -0.25) is 4.79 Å². The van der Waals surface area contributed by atoms with Gasteiger partial charge < -0.3 is 5.11 Å². The number of nitriles is 1. The molecule has 3 heteroatoms. The van der Waals surface area contributed by atoms with Gasteiger partial charge in [-0.1, -0.05) is 24.0 Å². The summed E-state index contributed by atoms with van der Waals surface area (Å²) in [6, 6.07) is 16.3. The maximum absolute atomic E-state index is 11.0. The van der Waals surface area contributed by atoms with E-state index >= 15 is 0 Å². The molecule has 0 aliphatic rings. The van der Waals surface area contributed by atoms with Gasteiger partial charge in [-0.05, 0) is 48.9 Å². The van der Waals surface area contributed by atoms with Gasteiger partial charge >= 0.3 is 0 Å². The Kier molecular flexibility index (Phi) is 5.09. The van der Waals surface area contributed by atoms with Crippen molar-refractivity contribution in [3.8, 4) is 17.9 Å². The molecule has 2 aromatic rings. The lowest BCUT2D eigenvalue weighted by atomic mass is 10.0. The van der Waals surface area contributed by atoms with Crippen molar-refractivity contribution in [2.24, 2.45) is 0 Å². The summed E-state index contributed by atoms with van der Waals surface area (Å²) in [5.41, 5.74) is 2.97. The highest BCUT2D eigenvalue weighted by Crippen LogP contribution is 2.17. The molecule has 3 nitrogen and oxygen atoms in total. The zero-order valence-corrected chi connectivity index (χ0v) is 12.2. The van der Waals surface area contributed by atoms with Gasteiger partial charge in [-0.2, -0.15) is 5.26 Å². The summed E-state index contributed by atoms with van der Waals surface area (Å²) >= 11 is 0. The third kappa shape index (κ3) is 4.31. The molecule has 2 aromatic carbocycles. The van der Waals surface area contributed by atoms with E-state index in [9.17, 15) is 9.90 Å². The lowest BCUT2D eigenvalue weighted by Gasteiger charge is -2.08. The summed E-state index contributed by atoms with van der Waals surface area (Å²) in [6.45, 7) is 1.46. The van der Waals surface area contributed by atoms with Crippen LogP contribution in [0.4, 0.5) is 0 Å². The number of nitrogens with zero attached hydrogens (tertiary/aromatic N) is 1. The van der Waals surface area contributed by atoms with Gasteiger partial charge in [0.1, 0.15) is 5.78 Å². The Labute approximate surface area is 129 Å². The molecule has 0 aliphatic heterocycles. The first-order chi connectivity index (χ1) is 10.6. The van der Waals surface area contributed by atoms with Crippen molar-refractivity contribution in [3.05, 3.63) is 70.8 Å². The van der Waals surface area contributed by atoms with E-state index in [1.807, 2.05) is 12.1 Å². The van der Waals surface area contributed by atoms with Gasteiger partial charge in [-0.25, -0.2) is 0 Å². The van der Waals surface area contributed by atoms with Gasteiger partial charge in [-0.15, -0.1) is 0 Å². The Bertz CT molecular complexity index is 756. The normalized spacial score (nSPS) is 11.0. The number of aliphatic hydroxyl groups excluding tert-OH is 1. The molecule has 0 heterocycles. The van der Waals surface area contributed by atoms with Crippen LogP contribution in [0.25, 0.3) is 0 Å². The molecule has 2 rings (SSSR count). The van der Waals surface area contributed by atoms with Crippen molar-refractivity contribution in [2.45, 2.75) is 19.4 Å². The van der Waals surface area contributed by atoms with Crippen LogP contribution in [0.1, 0.15) is 41.7 Å². The highest BCUT2D eigenvalue weighted by molar-refractivity contribution is 5.76. The molecule has 0 radical (unpaired) electrons. The Hall–Kier alpha value is -2.88. The smallest absolute Gasteiger partial charge is 0.132 e. The molecular formula is C19H15NO2. The number of hydrogen-bond donors (Lipinski definition) is 1. The highest BCUT2D eigenvalue weighted by atomic mass is 16.3. The minimum atomic E-state index is -0.766. The maximum atomic E-state index is 11.0. The highest BCUT2D eigenvalue weighted by Gasteiger charge is 2.09.